The first-order valence-corrected chi connectivity index (χ1v) is 5.84. The minimum absolute atomic E-state index is 0.260. The number of aromatic nitrogens is 1. The van der Waals surface area contributed by atoms with E-state index in [0.717, 1.165) is 0 Å². The van der Waals surface area contributed by atoms with Gasteiger partial charge in [0, 0.05) is 11.5 Å². The first kappa shape index (κ1) is 12.4. The molecule has 1 aromatic carbocycles. The highest BCUT2D eigenvalue weighted by Crippen LogP contribution is 2.20. The van der Waals surface area contributed by atoms with Crippen LogP contribution in [-0.4, -0.2) is 22.7 Å². The zero-order valence-electron chi connectivity index (χ0n) is 10.4. The molecule has 0 amide bonds. The zero-order chi connectivity index (χ0) is 13.1. The minimum atomic E-state index is -0.946. The highest BCUT2D eigenvalue weighted by Gasteiger charge is 2.09. The zero-order valence-corrected chi connectivity index (χ0v) is 10.4. The summed E-state index contributed by atoms with van der Waals surface area (Å²) >= 11 is 0. The number of aromatic carboxylic acids is 1. The van der Waals surface area contributed by atoms with E-state index in [2.05, 4.69) is 18.8 Å². The number of carboxylic acids is 1. The van der Waals surface area contributed by atoms with E-state index in [1.807, 2.05) is 0 Å². The molecule has 0 saturated carbocycles. The molecule has 0 aliphatic rings. The number of pyridine rings is 1. The van der Waals surface area contributed by atoms with Gasteiger partial charge in [-0.15, -0.1) is 0 Å². The number of nitrogens with zero attached hydrogens (tertiary/aromatic N) is 1. The maximum atomic E-state index is 11.1. The van der Waals surface area contributed by atoms with Crippen LogP contribution in [0.2, 0.25) is 0 Å². The van der Waals surface area contributed by atoms with Gasteiger partial charge in [-0.1, -0.05) is 19.9 Å². The molecule has 0 radical (unpaired) electrons. The van der Waals surface area contributed by atoms with Crippen molar-refractivity contribution in [1.29, 1.82) is 0 Å². The molecule has 1 heterocycles. The summed E-state index contributed by atoms with van der Waals surface area (Å²) in [5.41, 5.74) is 0.895. The van der Waals surface area contributed by atoms with Crippen molar-refractivity contribution in [3.05, 3.63) is 35.9 Å². The summed E-state index contributed by atoms with van der Waals surface area (Å²) in [5.74, 6) is 0.00448. The number of hydrogen-bond donors (Lipinski definition) is 1. The second-order valence-electron chi connectivity index (χ2n) is 4.53. The Morgan fingerprint density at radius 2 is 2.11 bits per heavy atom. The van der Waals surface area contributed by atoms with Crippen molar-refractivity contribution >= 4 is 16.9 Å². The van der Waals surface area contributed by atoms with Crippen LogP contribution >= 0.6 is 0 Å². The van der Waals surface area contributed by atoms with Gasteiger partial charge in [0.05, 0.1) is 17.7 Å². The fraction of sp³-hybridized carbons (Fsp3) is 0.286. The van der Waals surface area contributed by atoms with Crippen molar-refractivity contribution in [2.24, 2.45) is 5.92 Å². The Kier molecular flexibility index (Phi) is 3.46. The first-order chi connectivity index (χ1) is 8.58. The van der Waals surface area contributed by atoms with Gasteiger partial charge >= 0.3 is 5.97 Å². The van der Waals surface area contributed by atoms with E-state index in [0.29, 0.717) is 29.3 Å². The molecule has 0 bridgehead atoms. The fourth-order valence-corrected chi connectivity index (χ4v) is 1.66. The second kappa shape index (κ2) is 5.04. The summed E-state index contributed by atoms with van der Waals surface area (Å²) < 4.78 is 5.52. The minimum Gasteiger partial charge on any atom is -0.478 e. The SMILES string of the molecule is CC(C)COc1ccc2c(C(=O)O)cccc2n1. The van der Waals surface area contributed by atoms with Gasteiger partial charge in [0.25, 0.3) is 0 Å². The molecule has 0 unspecified atom stereocenters. The third-order valence-electron chi connectivity index (χ3n) is 2.50. The Balaban J connectivity index is 2.38. The van der Waals surface area contributed by atoms with E-state index in [4.69, 9.17) is 9.84 Å². The molecule has 0 aliphatic heterocycles. The van der Waals surface area contributed by atoms with Crippen molar-refractivity contribution in [2.75, 3.05) is 6.61 Å². The maximum absolute atomic E-state index is 11.1. The van der Waals surface area contributed by atoms with Crippen LogP contribution in [-0.2, 0) is 0 Å². The highest BCUT2D eigenvalue weighted by molar-refractivity contribution is 6.02. The molecule has 0 spiro atoms. The van der Waals surface area contributed by atoms with Gasteiger partial charge in [-0.05, 0) is 24.1 Å². The average Bonchev–Trinajstić information content (AvgIpc) is 2.35. The summed E-state index contributed by atoms with van der Waals surface area (Å²) in [5, 5.41) is 9.70. The summed E-state index contributed by atoms with van der Waals surface area (Å²) in [4.78, 5) is 15.4. The third kappa shape index (κ3) is 2.59. The number of carbonyl (C=O) groups is 1. The van der Waals surface area contributed by atoms with Crippen LogP contribution in [0, 0.1) is 5.92 Å². The summed E-state index contributed by atoms with van der Waals surface area (Å²) in [6, 6.07) is 8.48. The van der Waals surface area contributed by atoms with E-state index in [-0.39, 0.29) is 5.56 Å². The monoisotopic (exact) mass is 245 g/mol. The van der Waals surface area contributed by atoms with Crippen molar-refractivity contribution in [3.8, 4) is 5.88 Å². The smallest absolute Gasteiger partial charge is 0.336 e. The molecule has 4 heteroatoms. The van der Waals surface area contributed by atoms with E-state index in [1.54, 1.807) is 30.3 Å². The van der Waals surface area contributed by atoms with Gasteiger partial charge in [-0.2, -0.15) is 0 Å². The van der Waals surface area contributed by atoms with Gasteiger partial charge in [0.2, 0.25) is 5.88 Å². The number of hydrogen-bond acceptors (Lipinski definition) is 3. The molecule has 94 valence electrons. The third-order valence-corrected chi connectivity index (χ3v) is 2.50. The Morgan fingerprint density at radius 1 is 1.33 bits per heavy atom. The normalized spacial score (nSPS) is 10.8. The highest BCUT2D eigenvalue weighted by atomic mass is 16.5. The molecule has 18 heavy (non-hydrogen) atoms. The molecule has 1 aromatic heterocycles. The molecular formula is C14H15NO3. The van der Waals surface area contributed by atoms with Gasteiger partial charge < -0.3 is 9.84 Å². The summed E-state index contributed by atoms with van der Waals surface area (Å²) in [7, 11) is 0. The molecule has 2 rings (SSSR count). The number of benzene rings is 1. The molecule has 2 aromatic rings. The maximum Gasteiger partial charge on any atom is 0.336 e. The van der Waals surface area contributed by atoms with E-state index in [1.165, 1.54) is 0 Å². The van der Waals surface area contributed by atoms with Crippen molar-refractivity contribution < 1.29 is 14.6 Å². The van der Waals surface area contributed by atoms with E-state index in [9.17, 15) is 4.79 Å². The Bertz CT molecular complexity index is 578. The lowest BCUT2D eigenvalue weighted by Crippen LogP contribution is -2.06. The van der Waals surface area contributed by atoms with Crippen LogP contribution in [0.5, 0.6) is 5.88 Å². The number of carboxylic acid groups (broad SMARTS) is 1. The van der Waals surface area contributed by atoms with E-state index >= 15 is 0 Å². The quantitative estimate of drug-likeness (QED) is 0.899. The molecule has 0 fully saturated rings. The standard InChI is InChI=1S/C14H15NO3/c1-9(2)8-18-13-7-6-10-11(14(16)17)4-3-5-12(10)15-13/h3-7,9H,8H2,1-2H3,(H,16,17). The molecule has 0 aliphatic carbocycles. The lowest BCUT2D eigenvalue weighted by molar-refractivity contribution is 0.0699. The largest absolute Gasteiger partial charge is 0.478 e. The molecular weight excluding hydrogens is 230 g/mol. The predicted molar refractivity (Wildman–Crippen MR) is 69.0 cm³/mol. The van der Waals surface area contributed by atoms with Crippen LogP contribution < -0.4 is 4.74 Å². The Labute approximate surface area is 105 Å². The number of ether oxygens (including phenoxy) is 1. The van der Waals surface area contributed by atoms with Gasteiger partial charge in [0.1, 0.15) is 0 Å². The average molecular weight is 245 g/mol. The summed E-state index contributed by atoms with van der Waals surface area (Å²) in [6.45, 7) is 4.71. The lowest BCUT2D eigenvalue weighted by atomic mass is 10.1. The molecule has 0 atom stereocenters. The van der Waals surface area contributed by atoms with Crippen LogP contribution in [0.3, 0.4) is 0 Å². The number of rotatable bonds is 4. The first-order valence-electron chi connectivity index (χ1n) is 5.84. The van der Waals surface area contributed by atoms with Gasteiger partial charge in [-0.3, -0.25) is 0 Å². The topological polar surface area (TPSA) is 59.4 Å². The van der Waals surface area contributed by atoms with Crippen LogP contribution in [0.15, 0.2) is 30.3 Å². The van der Waals surface area contributed by atoms with Crippen LogP contribution in [0.25, 0.3) is 10.9 Å². The van der Waals surface area contributed by atoms with E-state index < -0.39 is 5.97 Å². The second-order valence-corrected chi connectivity index (χ2v) is 4.53. The Morgan fingerprint density at radius 3 is 2.78 bits per heavy atom. The number of fused-ring (bicyclic) bond motifs is 1. The van der Waals surface area contributed by atoms with Crippen LogP contribution in [0.1, 0.15) is 24.2 Å². The summed E-state index contributed by atoms with van der Waals surface area (Å²) in [6.07, 6.45) is 0. The van der Waals surface area contributed by atoms with Crippen molar-refractivity contribution in [2.45, 2.75) is 13.8 Å². The molecule has 4 nitrogen and oxygen atoms in total. The lowest BCUT2D eigenvalue weighted by Gasteiger charge is -2.09. The molecule has 1 N–H and O–H groups in total. The van der Waals surface area contributed by atoms with Crippen molar-refractivity contribution in [3.63, 3.8) is 0 Å². The fourth-order valence-electron chi connectivity index (χ4n) is 1.66. The molecule has 0 saturated heterocycles. The van der Waals surface area contributed by atoms with Gasteiger partial charge in [0.15, 0.2) is 0 Å². The Hall–Kier alpha value is -2.10. The van der Waals surface area contributed by atoms with Gasteiger partial charge in [-0.25, -0.2) is 9.78 Å². The predicted octanol–water partition coefficient (Wildman–Crippen LogP) is 2.97. The van der Waals surface area contributed by atoms with Crippen molar-refractivity contribution in [1.82, 2.24) is 4.98 Å². The van der Waals surface area contributed by atoms with Crippen LogP contribution in [0.4, 0.5) is 0 Å².